The first kappa shape index (κ1) is 22.2. The van der Waals surface area contributed by atoms with E-state index in [1.54, 1.807) is 18.2 Å². The Hall–Kier alpha value is -3.04. The van der Waals surface area contributed by atoms with Crippen molar-refractivity contribution in [1.82, 2.24) is 29.6 Å². The SMILES string of the molecule is COc1ccc(CN2CCN(C(=O)CN3CCN(C(=O)c4cnccn4)CC3)CC2)cc1. The summed E-state index contributed by atoms with van der Waals surface area (Å²) >= 11 is 0. The van der Waals surface area contributed by atoms with Gasteiger partial charge < -0.3 is 14.5 Å². The fraction of sp³-hybridized carbons (Fsp3) is 0.478. The number of hydrogen-bond acceptors (Lipinski definition) is 7. The van der Waals surface area contributed by atoms with Gasteiger partial charge in [0.25, 0.3) is 5.91 Å². The molecule has 0 bridgehead atoms. The molecule has 32 heavy (non-hydrogen) atoms. The minimum Gasteiger partial charge on any atom is -0.497 e. The van der Waals surface area contributed by atoms with E-state index in [0.717, 1.165) is 38.5 Å². The number of nitrogens with zero attached hydrogens (tertiary/aromatic N) is 6. The van der Waals surface area contributed by atoms with Crippen molar-refractivity contribution < 1.29 is 14.3 Å². The van der Waals surface area contributed by atoms with Crippen LogP contribution in [0.15, 0.2) is 42.9 Å². The zero-order valence-corrected chi connectivity index (χ0v) is 18.5. The molecule has 2 amide bonds. The van der Waals surface area contributed by atoms with Crippen LogP contribution in [-0.2, 0) is 11.3 Å². The van der Waals surface area contributed by atoms with Gasteiger partial charge in [-0.25, -0.2) is 4.98 Å². The van der Waals surface area contributed by atoms with Crippen molar-refractivity contribution in [2.24, 2.45) is 0 Å². The van der Waals surface area contributed by atoms with Gasteiger partial charge in [0.2, 0.25) is 5.91 Å². The lowest BCUT2D eigenvalue weighted by Gasteiger charge is -2.38. The number of amides is 2. The van der Waals surface area contributed by atoms with E-state index < -0.39 is 0 Å². The quantitative estimate of drug-likeness (QED) is 0.653. The van der Waals surface area contributed by atoms with Crippen LogP contribution in [0.3, 0.4) is 0 Å². The van der Waals surface area contributed by atoms with E-state index in [4.69, 9.17) is 4.74 Å². The molecule has 0 aliphatic carbocycles. The molecule has 0 unspecified atom stereocenters. The molecule has 0 radical (unpaired) electrons. The smallest absolute Gasteiger partial charge is 0.274 e. The highest BCUT2D eigenvalue weighted by molar-refractivity contribution is 5.92. The van der Waals surface area contributed by atoms with Crippen LogP contribution >= 0.6 is 0 Å². The first-order valence-corrected chi connectivity index (χ1v) is 11.0. The van der Waals surface area contributed by atoms with E-state index in [0.29, 0.717) is 38.4 Å². The molecule has 2 fully saturated rings. The number of carbonyl (C=O) groups is 2. The molecule has 9 nitrogen and oxygen atoms in total. The van der Waals surface area contributed by atoms with E-state index in [2.05, 4.69) is 31.9 Å². The third kappa shape index (κ3) is 5.60. The van der Waals surface area contributed by atoms with Gasteiger partial charge in [0.05, 0.1) is 19.9 Å². The van der Waals surface area contributed by atoms with Crippen LogP contribution in [0.2, 0.25) is 0 Å². The van der Waals surface area contributed by atoms with Crippen molar-refractivity contribution >= 4 is 11.8 Å². The van der Waals surface area contributed by atoms with Crippen molar-refractivity contribution in [2.45, 2.75) is 6.54 Å². The predicted molar refractivity (Wildman–Crippen MR) is 119 cm³/mol. The summed E-state index contributed by atoms with van der Waals surface area (Å²) in [5.74, 6) is 0.933. The van der Waals surface area contributed by atoms with E-state index in [1.165, 1.54) is 18.0 Å². The standard InChI is InChI=1S/C23H30N6O3/c1-32-20-4-2-19(3-5-20)17-26-8-12-28(13-9-26)22(30)18-27-10-14-29(15-11-27)23(31)21-16-24-6-7-25-21/h2-7,16H,8-15,17-18H2,1H3. The molecule has 2 saturated heterocycles. The topological polar surface area (TPSA) is 82.1 Å². The fourth-order valence-corrected chi connectivity index (χ4v) is 4.12. The molecule has 1 aromatic heterocycles. The Morgan fingerprint density at radius 3 is 2.16 bits per heavy atom. The van der Waals surface area contributed by atoms with Gasteiger partial charge in [0.1, 0.15) is 11.4 Å². The molecule has 9 heteroatoms. The number of ether oxygens (including phenoxy) is 1. The van der Waals surface area contributed by atoms with Crippen LogP contribution in [0, 0.1) is 0 Å². The number of rotatable bonds is 6. The summed E-state index contributed by atoms with van der Waals surface area (Å²) in [6.07, 6.45) is 4.57. The first-order chi connectivity index (χ1) is 15.6. The Morgan fingerprint density at radius 2 is 1.53 bits per heavy atom. The van der Waals surface area contributed by atoms with E-state index >= 15 is 0 Å². The second-order valence-corrected chi connectivity index (χ2v) is 8.16. The van der Waals surface area contributed by atoms with Crippen LogP contribution < -0.4 is 4.74 Å². The van der Waals surface area contributed by atoms with Gasteiger partial charge in [-0.3, -0.25) is 24.4 Å². The Balaban J connectivity index is 1.18. The summed E-state index contributed by atoms with van der Waals surface area (Å²) in [6.45, 7) is 7.11. The monoisotopic (exact) mass is 438 g/mol. The summed E-state index contributed by atoms with van der Waals surface area (Å²) in [5, 5.41) is 0. The molecule has 0 saturated carbocycles. The highest BCUT2D eigenvalue weighted by Crippen LogP contribution is 2.14. The Morgan fingerprint density at radius 1 is 0.875 bits per heavy atom. The number of aromatic nitrogens is 2. The zero-order valence-electron chi connectivity index (χ0n) is 18.5. The maximum absolute atomic E-state index is 12.8. The van der Waals surface area contributed by atoms with E-state index in [1.807, 2.05) is 17.0 Å². The molecule has 0 atom stereocenters. The minimum absolute atomic E-state index is 0.0999. The van der Waals surface area contributed by atoms with Crippen molar-refractivity contribution in [3.63, 3.8) is 0 Å². The lowest BCUT2D eigenvalue weighted by molar-refractivity contribution is -0.134. The number of benzene rings is 1. The van der Waals surface area contributed by atoms with Crippen LogP contribution in [0.4, 0.5) is 0 Å². The second-order valence-electron chi connectivity index (χ2n) is 8.16. The average Bonchev–Trinajstić information content (AvgIpc) is 2.85. The van der Waals surface area contributed by atoms with Crippen molar-refractivity contribution in [2.75, 3.05) is 66.0 Å². The maximum atomic E-state index is 12.8. The van der Waals surface area contributed by atoms with Crippen molar-refractivity contribution in [3.8, 4) is 5.75 Å². The number of methoxy groups -OCH3 is 1. The fourth-order valence-electron chi connectivity index (χ4n) is 4.12. The van der Waals surface area contributed by atoms with Crippen LogP contribution in [0.1, 0.15) is 16.1 Å². The molecule has 2 aromatic rings. The third-order valence-electron chi connectivity index (χ3n) is 6.09. The normalized spacial score (nSPS) is 17.9. The van der Waals surface area contributed by atoms with Crippen LogP contribution in [0.25, 0.3) is 0 Å². The summed E-state index contributed by atoms with van der Waals surface area (Å²) in [6, 6.07) is 8.14. The van der Waals surface area contributed by atoms with Gasteiger partial charge >= 0.3 is 0 Å². The number of carbonyl (C=O) groups excluding carboxylic acids is 2. The summed E-state index contributed by atoms with van der Waals surface area (Å²) < 4.78 is 5.21. The molecule has 0 spiro atoms. The second kappa shape index (κ2) is 10.5. The van der Waals surface area contributed by atoms with Gasteiger partial charge in [0, 0.05) is 71.3 Å². The van der Waals surface area contributed by atoms with Gasteiger partial charge in [-0.15, -0.1) is 0 Å². The Kier molecular flexibility index (Phi) is 7.28. The molecular weight excluding hydrogens is 408 g/mol. The lowest BCUT2D eigenvalue weighted by atomic mass is 10.2. The molecule has 170 valence electrons. The Bertz CT molecular complexity index is 892. The van der Waals surface area contributed by atoms with Crippen molar-refractivity contribution in [1.29, 1.82) is 0 Å². The molecule has 2 aliphatic heterocycles. The molecule has 3 heterocycles. The minimum atomic E-state index is -0.0999. The van der Waals surface area contributed by atoms with Crippen LogP contribution in [-0.4, -0.2) is 107 Å². The van der Waals surface area contributed by atoms with Crippen LogP contribution in [0.5, 0.6) is 5.75 Å². The van der Waals surface area contributed by atoms with Gasteiger partial charge in [-0.05, 0) is 17.7 Å². The Labute approximate surface area is 188 Å². The van der Waals surface area contributed by atoms with E-state index in [9.17, 15) is 9.59 Å². The predicted octanol–water partition coefficient (Wildman–Crippen LogP) is 0.587. The maximum Gasteiger partial charge on any atom is 0.274 e. The first-order valence-electron chi connectivity index (χ1n) is 11.0. The van der Waals surface area contributed by atoms with Gasteiger partial charge in [0.15, 0.2) is 0 Å². The molecule has 4 rings (SSSR count). The van der Waals surface area contributed by atoms with Gasteiger partial charge in [-0.1, -0.05) is 12.1 Å². The summed E-state index contributed by atoms with van der Waals surface area (Å²) in [4.78, 5) is 41.6. The highest BCUT2D eigenvalue weighted by Gasteiger charge is 2.27. The number of piperazine rings is 2. The highest BCUT2D eigenvalue weighted by atomic mass is 16.5. The molecule has 1 aromatic carbocycles. The van der Waals surface area contributed by atoms with Crippen molar-refractivity contribution in [3.05, 3.63) is 54.1 Å². The molecule has 2 aliphatic rings. The molecular formula is C23H30N6O3. The summed E-state index contributed by atoms with van der Waals surface area (Å²) in [5.41, 5.74) is 1.61. The largest absolute Gasteiger partial charge is 0.497 e. The lowest BCUT2D eigenvalue weighted by Crippen LogP contribution is -2.54. The van der Waals surface area contributed by atoms with Gasteiger partial charge in [-0.2, -0.15) is 0 Å². The average molecular weight is 439 g/mol. The van der Waals surface area contributed by atoms with E-state index in [-0.39, 0.29) is 11.8 Å². The molecule has 0 N–H and O–H groups in total. The zero-order chi connectivity index (χ0) is 22.3. The third-order valence-corrected chi connectivity index (χ3v) is 6.09. The summed E-state index contributed by atoms with van der Waals surface area (Å²) in [7, 11) is 1.67. The number of hydrogen-bond donors (Lipinski definition) is 0.